The number of ether oxygens (including phenoxy) is 1. The van der Waals surface area contributed by atoms with E-state index in [0.717, 1.165) is 30.6 Å². The normalized spacial score (nSPS) is 45.8. The lowest BCUT2D eigenvalue weighted by molar-refractivity contribution is -0.163. The minimum atomic E-state index is -0.532. The Labute approximate surface area is 210 Å². The van der Waals surface area contributed by atoms with Crippen molar-refractivity contribution in [3.8, 4) is 0 Å². The van der Waals surface area contributed by atoms with Gasteiger partial charge in [0.1, 0.15) is 6.10 Å². The van der Waals surface area contributed by atoms with E-state index >= 15 is 0 Å². The molecular formula is C29H47BrO3. The first-order valence-electron chi connectivity index (χ1n) is 13.8. The molecule has 0 N–H and O–H groups in total. The third-order valence-electron chi connectivity index (χ3n) is 11.1. The Morgan fingerprint density at radius 2 is 1.79 bits per heavy atom. The molecule has 0 spiro atoms. The van der Waals surface area contributed by atoms with Crippen molar-refractivity contribution >= 4 is 27.7 Å². The van der Waals surface area contributed by atoms with Crippen LogP contribution in [-0.4, -0.2) is 22.2 Å². The number of carbonyl (C=O) groups is 2. The number of fused-ring (bicyclic) bond motifs is 5. The zero-order chi connectivity index (χ0) is 24.2. The van der Waals surface area contributed by atoms with Gasteiger partial charge in [0.2, 0.25) is 0 Å². The number of esters is 1. The van der Waals surface area contributed by atoms with Crippen molar-refractivity contribution < 1.29 is 14.3 Å². The molecule has 0 radical (unpaired) electrons. The molecule has 4 saturated carbocycles. The van der Waals surface area contributed by atoms with Crippen molar-refractivity contribution in [3.05, 3.63) is 0 Å². The van der Waals surface area contributed by atoms with Crippen LogP contribution in [0.4, 0.5) is 0 Å². The van der Waals surface area contributed by atoms with Crippen LogP contribution < -0.4 is 0 Å². The predicted octanol–water partition coefficient (Wildman–Crippen LogP) is 7.74. The molecule has 0 bridgehead atoms. The SMILES string of the molecule is CC(=O)O[C@H]1CC[C@]2(C)[C@H]3CC[C@]4(C)[C@@H]([C@H](C)CCCC(C)C)CC[C@H]4[C@@H]3CC(=O)[C@@]2(Br)C1. The Morgan fingerprint density at radius 3 is 2.45 bits per heavy atom. The van der Waals surface area contributed by atoms with Crippen LogP contribution in [0.5, 0.6) is 0 Å². The Bertz CT molecular complexity index is 764. The minimum absolute atomic E-state index is 0.0358. The number of rotatable bonds is 6. The summed E-state index contributed by atoms with van der Waals surface area (Å²) in [6.45, 7) is 13.6. The van der Waals surface area contributed by atoms with E-state index in [2.05, 4.69) is 50.5 Å². The van der Waals surface area contributed by atoms with Crippen LogP contribution in [0.1, 0.15) is 112 Å². The first-order valence-corrected chi connectivity index (χ1v) is 14.6. The second kappa shape index (κ2) is 9.25. The Balaban J connectivity index is 1.52. The van der Waals surface area contributed by atoms with E-state index in [1.54, 1.807) is 0 Å². The van der Waals surface area contributed by atoms with E-state index in [1.807, 2.05) is 0 Å². The minimum Gasteiger partial charge on any atom is -0.462 e. The molecule has 0 aliphatic heterocycles. The van der Waals surface area contributed by atoms with Crippen LogP contribution in [0.15, 0.2) is 0 Å². The van der Waals surface area contributed by atoms with Crippen molar-refractivity contribution in [1.29, 1.82) is 0 Å². The third-order valence-corrected chi connectivity index (χ3v) is 12.7. The number of halogens is 1. The summed E-state index contributed by atoms with van der Waals surface area (Å²) >= 11 is 4.01. The van der Waals surface area contributed by atoms with Crippen molar-refractivity contribution in [2.45, 2.75) is 123 Å². The van der Waals surface area contributed by atoms with Crippen molar-refractivity contribution in [3.63, 3.8) is 0 Å². The smallest absolute Gasteiger partial charge is 0.302 e. The molecule has 0 aromatic heterocycles. The van der Waals surface area contributed by atoms with Crippen molar-refractivity contribution in [2.75, 3.05) is 0 Å². The van der Waals surface area contributed by atoms with Crippen LogP contribution in [0, 0.1) is 46.3 Å². The van der Waals surface area contributed by atoms with Crippen LogP contribution in [-0.2, 0) is 14.3 Å². The zero-order valence-electron chi connectivity index (χ0n) is 21.9. The van der Waals surface area contributed by atoms with Gasteiger partial charge in [-0.25, -0.2) is 0 Å². The molecule has 4 heteroatoms. The molecule has 33 heavy (non-hydrogen) atoms. The van der Waals surface area contributed by atoms with Gasteiger partial charge >= 0.3 is 5.97 Å². The highest BCUT2D eigenvalue weighted by molar-refractivity contribution is 9.10. The van der Waals surface area contributed by atoms with Gasteiger partial charge in [-0.05, 0) is 84.9 Å². The molecule has 4 rings (SSSR count). The van der Waals surface area contributed by atoms with E-state index in [-0.39, 0.29) is 17.5 Å². The first-order chi connectivity index (χ1) is 15.4. The lowest BCUT2D eigenvalue weighted by Crippen LogP contribution is -2.64. The first kappa shape index (κ1) is 25.7. The summed E-state index contributed by atoms with van der Waals surface area (Å²) in [6, 6.07) is 0. The maximum Gasteiger partial charge on any atom is 0.302 e. The zero-order valence-corrected chi connectivity index (χ0v) is 23.5. The fraction of sp³-hybridized carbons (Fsp3) is 0.931. The van der Waals surface area contributed by atoms with Gasteiger partial charge in [0.05, 0.1) is 4.32 Å². The highest BCUT2D eigenvalue weighted by Crippen LogP contribution is 2.70. The van der Waals surface area contributed by atoms with E-state index in [4.69, 9.17) is 4.74 Å². The molecule has 0 amide bonds. The number of ketones is 1. The van der Waals surface area contributed by atoms with Crippen LogP contribution >= 0.6 is 15.9 Å². The number of alkyl halides is 1. The van der Waals surface area contributed by atoms with Gasteiger partial charge in [0.25, 0.3) is 0 Å². The molecule has 0 saturated heterocycles. The third kappa shape index (κ3) is 4.27. The number of carbonyl (C=O) groups excluding carboxylic acids is 2. The van der Waals surface area contributed by atoms with Gasteiger partial charge in [0.15, 0.2) is 5.78 Å². The molecule has 0 heterocycles. The molecule has 4 fully saturated rings. The van der Waals surface area contributed by atoms with E-state index < -0.39 is 4.32 Å². The van der Waals surface area contributed by atoms with Gasteiger partial charge in [0, 0.05) is 19.8 Å². The lowest BCUT2D eigenvalue weighted by atomic mass is 9.44. The predicted molar refractivity (Wildman–Crippen MR) is 137 cm³/mol. The summed E-state index contributed by atoms with van der Waals surface area (Å²) < 4.78 is 5.05. The molecule has 4 aliphatic rings. The highest BCUT2D eigenvalue weighted by Gasteiger charge is 2.67. The van der Waals surface area contributed by atoms with Crippen molar-refractivity contribution in [2.24, 2.45) is 46.3 Å². The highest BCUT2D eigenvalue weighted by atomic mass is 79.9. The van der Waals surface area contributed by atoms with Gasteiger partial charge in [-0.3, -0.25) is 9.59 Å². The van der Waals surface area contributed by atoms with Gasteiger partial charge < -0.3 is 4.74 Å². The largest absolute Gasteiger partial charge is 0.462 e. The fourth-order valence-electron chi connectivity index (χ4n) is 9.32. The second-order valence-electron chi connectivity index (χ2n) is 13.2. The molecule has 188 valence electrons. The standard InChI is InChI=1S/C29H47BrO3/c1-18(2)8-7-9-19(3)23-10-11-24-22-16-26(32)29(30)17-21(33-20(4)31)12-15-28(29,6)25(22)13-14-27(23,24)5/h18-19,21-25H,7-17H2,1-6H3/t19-,21+,22+,23-,24+,25+,27-,28-,29+/m1/s1. The second-order valence-corrected chi connectivity index (χ2v) is 14.6. The van der Waals surface area contributed by atoms with Gasteiger partial charge in [-0.2, -0.15) is 0 Å². The summed E-state index contributed by atoms with van der Waals surface area (Å²) in [6.07, 6.45) is 12.4. The summed E-state index contributed by atoms with van der Waals surface area (Å²) in [5, 5.41) is 0. The fourth-order valence-corrected chi connectivity index (χ4v) is 10.3. The quantitative estimate of drug-likeness (QED) is 0.264. The maximum atomic E-state index is 13.8. The monoisotopic (exact) mass is 522 g/mol. The average molecular weight is 524 g/mol. The Kier molecular flexibility index (Phi) is 7.20. The molecular weight excluding hydrogens is 476 g/mol. The van der Waals surface area contributed by atoms with Gasteiger partial charge in [-0.15, -0.1) is 0 Å². The molecule has 3 nitrogen and oxygen atoms in total. The van der Waals surface area contributed by atoms with Crippen LogP contribution in [0.25, 0.3) is 0 Å². The van der Waals surface area contributed by atoms with Crippen LogP contribution in [0.2, 0.25) is 0 Å². The van der Waals surface area contributed by atoms with Crippen molar-refractivity contribution in [1.82, 2.24) is 0 Å². The lowest BCUT2D eigenvalue weighted by Gasteiger charge is -2.63. The summed E-state index contributed by atoms with van der Waals surface area (Å²) in [7, 11) is 0. The van der Waals surface area contributed by atoms with Gasteiger partial charge in [-0.1, -0.05) is 69.8 Å². The Hall–Kier alpha value is -0.380. The summed E-state index contributed by atoms with van der Waals surface area (Å²) in [5.41, 5.74) is 0.363. The number of hydrogen-bond acceptors (Lipinski definition) is 3. The average Bonchev–Trinajstić information content (AvgIpc) is 3.07. The molecule has 0 aromatic carbocycles. The molecule has 0 unspecified atom stereocenters. The van der Waals surface area contributed by atoms with E-state index in [1.165, 1.54) is 51.9 Å². The van der Waals surface area contributed by atoms with Crippen LogP contribution in [0.3, 0.4) is 0 Å². The van der Waals surface area contributed by atoms with E-state index in [9.17, 15) is 9.59 Å². The topological polar surface area (TPSA) is 43.4 Å². The maximum absolute atomic E-state index is 13.8. The number of hydrogen-bond donors (Lipinski definition) is 0. The summed E-state index contributed by atoms with van der Waals surface area (Å²) in [5.74, 6) is 4.38. The Morgan fingerprint density at radius 1 is 1.06 bits per heavy atom. The molecule has 0 aromatic rings. The summed E-state index contributed by atoms with van der Waals surface area (Å²) in [4.78, 5) is 25.4. The van der Waals surface area contributed by atoms with E-state index in [0.29, 0.717) is 41.8 Å². The number of Topliss-reactive ketones (excluding diaryl/α,β-unsaturated/α-hetero) is 1. The molecule has 4 aliphatic carbocycles. The molecule has 9 atom stereocenters.